The van der Waals surface area contributed by atoms with Crippen LogP contribution in [0.25, 0.3) is 0 Å². The molecule has 0 atom stereocenters. The van der Waals surface area contributed by atoms with E-state index in [9.17, 15) is 8.42 Å². The van der Waals surface area contributed by atoms with Crippen molar-refractivity contribution in [1.82, 2.24) is 14.5 Å². The van der Waals surface area contributed by atoms with E-state index in [4.69, 9.17) is 11.6 Å². The molecule has 0 aromatic carbocycles. The van der Waals surface area contributed by atoms with Gasteiger partial charge in [-0.2, -0.15) is 9.40 Å². The number of aryl methyl sites for hydroxylation is 1. The molecule has 2 heterocycles. The second kappa shape index (κ2) is 6.03. The van der Waals surface area contributed by atoms with E-state index in [1.165, 1.54) is 0 Å². The van der Waals surface area contributed by atoms with E-state index in [0.717, 1.165) is 12.8 Å². The van der Waals surface area contributed by atoms with Crippen molar-refractivity contribution in [2.75, 3.05) is 13.1 Å². The molecule has 20 heavy (non-hydrogen) atoms. The van der Waals surface area contributed by atoms with Gasteiger partial charge in [0.25, 0.3) is 0 Å². The summed E-state index contributed by atoms with van der Waals surface area (Å²) in [6, 6.07) is 0. The Hall–Kier alpha value is -0.590. The topological polar surface area (TPSA) is 66.1 Å². The third kappa shape index (κ3) is 2.87. The highest BCUT2D eigenvalue weighted by atomic mass is 35.5. The summed E-state index contributed by atoms with van der Waals surface area (Å²) in [5.41, 5.74) is 0.974. The zero-order valence-corrected chi connectivity index (χ0v) is 13.8. The largest absolute Gasteiger partial charge is 0.281 e. The first-order valence-corrected chi connectivity index (χ1v) is 8.95. The van der Waals surface area contributed by atoms with Crippen molar-refractivity contribution in [1.29, 1.82) is 0 Å². The number of hydrogen-bond donors (Lipinski definition) is 1. The van der Waals surface area contributed by atoms with E-state index in [0.29, 0.717) is 36.3 Å². The number of aromatic nitrogens is 2. The quantitative estimate of drug-likeness (QED) is 0.867. The summed E-state index contributed by atoms with van der Waals surface area (Å²) >= 11 is 5.79. The Labute approximate surface area is 125 Å². The number of aromatic amines is 1. The molecule has 0 spiro atoms. The Morgan fingerprint density at radius 1 is 1.40 bits per heavy atom. The van der Waals surface area contributed by atoms with Gasteiger partial charge in [-0.05, 0) is 31.6 Å². The lowest BCUT2D eigenvalue weighted by Crippen LogP contribution is -2.39. The number of piperidine rings is 1. The summed E-state index contributed by atoms with van der Waals surface area (Å²) in [5.74, 6) is 1.31. The van der Waals surface area contributed by atoms with Gasteiger partial charge in [0.2, 0.25) is 10.0 Å². The van der Waals surface area contributed by atoms with Crippen LogP contribution in [0.4, 0.5) is 0 Å². The number of H-pyrrole nitrogens is 1. The van der Waals surface area contributed by atoms with Gasteiger partial charge in [0, 0.05) is 13.1 Å². The molecule has 0 amide bonds. The van der Waals surface area contributed by atoms with E-state index >= 15 is 0 Å². The van der Waals surface area contributed by atoms with Gasteiger partial charge in [0.05, 0.1) is 17.3 Å². The maximum absolute atomic E-state index is 12.7. The summed E-state index contributed by atoms with van der Waals surface area (Å²) < 4.78 is 27.0. The normalized spacial score (nSPS) is 18.9. The minimum Gasteiger partial charge on any atom is -0.281 e. The zero-order chi connectivity index (χ0) is 14.9. The minimum absolute atomic E-state index is 0.0986. The third-order valence-electron chi connectivity index (χ3n) is 4.13. The van der Waals surface area contributed by atoms with Crippen LogP contribution in [0.1, 0.15) is 38.1 Å². The van der Waals surface area contributed by atoms with Gasteiger partial charge in [-0.1, -0.05) is 13.8 Å². The molecular weight excluding hydrogens is 298 g/mol. The molecule has 1 N–H and O–H groups in total. The fourth-order valence-corrected chi connectivity index (χ4v) is 4.88. The molecule has 0 unspecified atom stereocenters. The summed E-state index contributed by atoms with van der Waals surface area (Å²) in [6.45, 7) is 7.27. The van der Waals surface area contributed by atoms with Gasteiger partial charge in [-0.15, -0.1) is 11.6 Å². The summed E-state index contributed by atoms with van der Waals surface area (Å²) in [4.78, 5) is 0.260. The lowest BCUT2D eigenvalue weighted by Gasteiger charge is -2.33. The Kier molecular flexibility index (Phi) is 4.76. The molecule has 1 aromatic rings. The van der Waals surface area contributed by atoms with Crippen molar-refractivity contribution in [2.45, 2.75) is 44.4 Å². The first-order chi connectivity index (χ1) is 9.37. The van der Waals surface area contributed by atoms with Crippen LogP contribution in [-0.4, -0.2) is 36.0 Å². The van der Waals surface area contributed by atoms with Crippen molar-refractivity contribution >= 4 is 21.6 Å². The second-order valence-corrected chi connectivity index (χ2v) is 7.89. The molecule has 1 aliphatic rings. The number of nitrogens with one attached hydrogen (secondary N) is 1. The molecule has 2 rings (SSSR count). The van der Waals surface area contributed by atoms with Gasteiger partial charge in [0.15, 0.2) is 0 Å². The predicted octanol–water partition coefficient (Wildman–Crippen LogP) is 2.51. The SMILES string of the molecule is Cc1[nH]nc(CCl)c1S(=O)(=O)N1CCC(C(C)C)CC1. The van der Waals surface area contributed by atoms with E-state index in [-0.39, 0.29) is 10.8 Å². The average molecular weight is 320 g/mol. The molecule has 114 valence electrons. The summed E-state index contributed by atoms with van der Waals surface area (Å²) in [6.07, 6.45) is 1.84. The van der Waals surface area contributed by atoms with Crippen LogP contribution in [0.2, 0.25) is 0 Å². The lowest BCUT2D eigenvalue weighted by atomic mass is 9.87. The molecule has 0 saturated carbocycles. The molecule has 0 radical (unpaired) electrons. The maximum atomic E-state index is 12.7. The fraction of sp³-hybridized carbons (Fsp3) is 0.769. The van der Waals surface area contributed by atoms with Crippen LogP contribution in [0.3, 0.4) is 0 Å². The number of hydrogen-bond acceptors (Lipinski definition) is 3. The Bertz CT molecular complexity index is 560. The first-order valence-electron chi connectivity index (χ1n) is 6.98. The smallest absolute Gasteiger partial charge is 0.246 e. The molecule has 7 heteroatoms. The molecule has 1 aromatic heterocycles. The predicted molar refractivity (Wildman–Crippen MR) is 79.2 cm³/mol. The van der Waals surface area contributed by atoms with Crippen molar-refractivity contribution < 1.29 is 8.42 Å². The Balaban J connectivity index is 2.22. The standard InChI is InChI=1S/C13H22ClN3O2S/c1-9(2)11-4-6-17(7-5-11)20(18,19)13-10(3)15-16-12(13)8-14/h9,11H,4-8H2,1-3H3,(H,15,16). The first kappa shape index (κ1) is 15.8. The molecule has 1 aliphatic heterocycles. The van der Waals surface area contributed by atoms with Gasteiger partial charge in [0.1, 0.15) is 4.90 Å². The number of halogens is 1. The highest BCUT2D eigenvalue weighted by Gasteiger charge is 2.33. The number of rotatable bonds is 4. The van der Waals surface area contributed by atoms with Gasteiger partial charge < -0.3 is 0 Å². The number of sulfonamides is 1. The van der Waals surface area contributed by atoms with Crippen LogP contribution in [-0.2, 0) is 15.9 Å². The molecule has 0 aliphatic carbocycles. The number of alkyl halides is 1. The highest BCUT2D eigenvalue weighted by Crippen LogP contribution is 2.30. The van der Waals surface area contributed by atoms with Crippen LogP contribution in [0, 0.1) is 18.8 Å². The lowest BCUT2D eigenvalue weighted by molar-refractivity contribution is 0.226. The molecule has 1 saturated heterocycles. The van der Waals surface area contributed by atoms with Crippen LogP contribution >= 0.6 is 11.6 Å². The van der Waals surface area contributed by atoms with E-state index < -0.39 is 10.0 Å². The Morgan fingerprint density at radius 3 is 2.50 bits per heavy atom. The highest BCUT2D eigenvalue weighted by molar-refractivity contribution is 7.89. The summed E-state index contributed by atoms with van der Waals surface area (Å²) in [5, 5.41) is 6.70. The van der Waals surface area contributed by atoms with Crippen LogP contribution in [0.15, 0.2) is 4.90 Å². The Morgan fingerprint density at radius 2 is 2.00 bits per heavy atom. The average Bonchev–Trinajstić information content (AvgIpc) is 2.80. The monoisotopic (exact) mass is 319 g/mol. The van der Waals surface area contributed by atoms with Crippen molar-refractivity contribution in [3.63, 3.8) is 0 Å². The van der Waals surface area contributed by atoms with Crippen LogP contribution in [0.5, 0.6) is 0 Å². The maximum Gasteiger partial charge on any atom is 0.246 e. The molecule has 0 bridgehead atoms. The van der Waals surface area contributed by atoms with Crippen molar-refractivity contribution in [3.05, 3.63) is 11.4 Å². The minimum atomic E-state index is -3.49. The number of nitrogens with zero attached hydrogens (tertiary/aromatic N) is 2. The molecular formula is C13H22ClN3O2S. The van der Waals surface area contributed by atoms with E-state index in [1.807, 2.05) is 0 Å². The second-order valence-electron chi connectivity index (χ2n) is 5.74. The van der Waals surface area contributed by atoms with Crippen molar-refractivity contribution in [2.24, 2.45) is 11.8 Å². The fourth-order valence-electron chi connectivity index (χ4n) is 2.81. The van der Waals surface area contributed by atoms with Gasteiger partial charge >= 0.3 is 0 Å². The third-order valence-corrected chi connectivity index (χ3v) is 6.48. The zero-order valence-electron chi connectivity index (χ0n) is 12.2. The van der Waals surface area contributed by atoms with E-state index in [2.05, 4.69) is 24.0 Å². The summed E-state index contributed by atoms with van der Waals surface area (Å²) in [7, 11) is -3.49. The van der Waals surface area contributed by atoms with Crippen molar-refractivity contribution in [3.8, 4) is 0 Å². The molecule has 5 nitrogen and oxygen atoms in total. The molecule has 1 fully saturated rings. The van der Waals surface area contributed by atoms with Crippen LogP contribution < -0.4 is 0 Å². The van der Waals surface area contributed by atoms with Gasteiger partial charge in [-0.25, -0.2) is 8.42 Å². The van der Waals surface area contributed by atoms with E-state index in [1.54, 1.807) is 11.2 Å². The van der Waals surface area contributed by atoms with Gasteiger partial charge in [-0.3, -0.25) is 5.10 Å².